The second-order valence-electron chi connectivity index (χ2n) is 3.32. The Bertz CT molecular complexity index is 463. The summed E-state index contributed by atoms with van der Waals surface area (Å²) in [7, 11) is -3.61. The maximum Gasteiger partial charge on any atom is 0.287 e. The standard InChI is InChI=1S/C11H14NO3S/c1-3-9-5-7-10(8-6-9)11(13)12-16(14,15)4-2/h5-8H,3-4H2,1-2H3. The van der Waals surface area contributed by atoms with Crippen molar-refractivity contribution in [3.63, 3.8) is 0 Å². The lowest BCUT2D eigenvalue weighted by atomic mass is 10.1. The molecular formula is C11H14NO3S. The maximum absolute atomic E-state index is 11.5. The van der Waals surface area contributed by atoms with E-state index in [1.54, 1.807) is 24.3 Å². The number of carbonyl (C=O) groups is 1. The molecule has 5 heteroatoms. The Labute approximate surface area is 95.7 Å². The van der Waals surface area contributed by atoms with Gasteiger partial charge in [-0.25, -0.2) is 8.42 Å². The van der Waals surface area contributed by atoms with E-state index in [0.29, 0.717) is 5.56 Å². The summed E-state index contributed by atoms with van der Waals surface area (Å²) in [6.45, 7) is 3.45. The van der Waals surface area contributed by atoms with Gasteiger partial charge in [-0.2, -0.15) is 0 Å². The van der Waals surface area contributed by atoms with E-state index in [9.17, 15) is 13.2 Å². The summed E-state index contributed by atoms with van der Waals surface area (Å²) >= 11 is 0. The van der Waals surface area contributed by atoms with Gasteiger partial charge in [-0.3, -0.25) is 4.79 Å². The van der Waals surface area contributed by atoms with Crippen LogP contribution in [0, 0.1) is 0 Å². The topological polar surface area (TPSA) is 65.3 Å². The fourth-order valence-corrected chi connectivity index (χ4v) is 1.61. The molecule has 1 amide bonds. The Hall–Kier alpha value is -1.36. The number of hydrogen-bond donors (Lipinski definition) is 0. The molecule has 4 nitrogen and oxygen atoms in total. The first kappa shape index (κ1) is 12.7. The lowest BCUT2D eigenvalue weighted by molar-refractivity contribution is 0.0978. The molecule has 0 heterocycles. The number of amides is 1. The summed E-state index contributed by atoms with van der Waals surface area (Å²) in [5.74, 6) is -0.865. The molecule has 0 N–H and O–H groups in total. The van der Waals surface area contributed by atoms with Gasteiger partial charge in [-0.05, 0) is 31.0 Å². The summed E-state index contributed by atoms with van der Waals surface area (Å²) in [6, 6.07) is 6.77. The van der Waals surface area contributed by atoms with E-state index in [1.807, 2.05) is 6.92 Å². The number of nitrogens with zero attached hydrogens (tertiary/aromatic N) is 1. The molecule has 0 unspecified atom stereocenters. The van der Waals surface area contributed by atoms with Crippen molar-refractivity contribution in [1.82, 2.24) is 4.72 Å². The molecular weight excluding hydrogens is 226 g/mol. The van der Waals surface area contributed by atoms with Gasteiger partial charge in [-0.1, -0.05) is 19.1 Å². The highest BCUT2D eigenvalue weighted by Crippen LogP contribution is 2.06. The number of aryl methyl sites for hydroxylation is 1. The average Bonchev–Trinajstić information content (AvgIpc) is 2.28. The number of benzene rings is 1. The first-order valence-electron chi connectivity index (χ1n) is 5.07. The Balaban J connectivity index is 2.81. The van der Waals surface area contributed by atoms with Crippen molar-refractivity contribution in [2.24, 2.45) is 0 Å². The summed E-state index contributed by atoms with van der Waals surface area (Å²) in [5, 5.41) is 0. The van der Waals surface area contributed by atoms with E-state index >= 15 is 0 Å². The smallest absolute Gasteiger partial charge is 0.266 e. The Kier molecular flexibility index (Phi) is 4.06. The highest BCUT2D eigenvalue weighted by molar-refractivity contribution is 7.89. The van der Waals surface area contributed by atoms with Crippen LogP contribution in [0.5, 0.6) is 0 Å². The van der Waals surface area contributed by atoms with Crippen molar-refractivity contribution in [3.8, 4) is 0 Å². The van der Waals surface area contributed by atoms with Gasteiger partial charge in [0.05, 0.1) is 5.75 Å². The van der Waals surface area contributed by atoms with Gasteiger partial charge in [-0.15, -0.1) is 4.72 Å². The van der Waals surface area contributed by atoms with E-state index in [2.05, 4.69) is 4.72 Å². The Morgan fingerprint density at radius 3 is 2.19 bits per heavy atom. The quantitative estimate of drug-likeness (QED) is 0.797. The number of hydrogen-bond acceptors (Lipinski definition) is 3. The van der Waals surface area contributed by atoms with Crippen LogP contribution >= 0.6 is 0 Å². The minimum Gasteiger partial charge on any atom is -0.266 e. The van der Waals surface area contributed by atoms with Crippen LogP contribution in [-0.2, 0) is 16.4 Å². The molecule has 87 valence electrons. The Morgan fingerprint density at radius 2 is 1.75 bits per heavy atom. The van der Waals surface area contributed by atoms with Crippen LogP contribution in [0.2, 0.25) is 0 Å². The molecule has 0 aliphatic carbocycles. The fraction of sp³-hybridized carbons (Fsp3) is 0.364. The van der Waals surface area contributed by atoms with Crippen molar-refractivity contribution in [2.45, 2.75) is 20.3 Å². The van der Waals surface area contributed by atoms with Crippen LogP contribution in [0.15, 0.2) is 24.3 Å². The molecule has 1 rings (SSSR count). The van der Waals surface area contributed by atoms with E-state index in [0.717, 1.165) is 12.0 Å². The van der Waals surface area contributed by atoms with Gasteiger partial charge in [0.1, 0.15) is 0 Å². The summed E-state index contributed by atoms with van der Waals surface area (Å²) in [5.41, 5.74) is 1.39. The molecule has 1 aromatic carbocycles. The third-order valence-electron chi connectivity index (χ3n) is 2.20. The first-order chi connectivity index (χ1) is 7.48. The van der Waals surface area contributed by atoms with Crippen molar-refractivity contribution in [2.75, 3.05) is 5.75 Å². The van der Waals surface area contributed by atoms with E-state index < -0.39 is 15.9 Å². The molecule has 1 radical (unpaired) electrons. The van der Waals surface area contributed by atoms with Crippen molar-refractivity contribution < 1.29 is 13.2 Å². The van der Waals surface area contributed by atoms with Crippen LogP contribution in [-0.4, -0.2) is 20.1 Å². The second kappa shape index (κ2) is 5.12. The minimum absolute atomic E-state index is 0.161. The van der Waals surface area contributed by atoms with E-state index in [4.69, 9.17) is 0 Å². The molecule has 0 fully saturated rings. The monoisotopic (exact) mass is 240 g/mol. The zero-order chi connectivity index (χ0) is 12.2. The van der Waals surface area contributed by atoms with Crippen LogP contribution < -0.4 is 4.72 Å². The SMILES string of the molecule is CCc1ccc(C(=O)[N]S(=O)(=O)CC)cc1. The van der Waals surface area contributed by atoms with Gasteiger partial charge < -0.3 is 0 Å². The van der Waals surface area contributed by atoms with Gasteiger partial charge in [0.25, 0.3) is 15.9 Å². The molecule has 0 saturated carbocycles. The van der Waals surface area contributed by atoms with Crippen molar-refractivity contribution >= 4 is 15.9 Å². The van der Waals surface area contributed by atoms with Crippen LogP contribution in [0.4, 0.5) is 0 Å². The number of carbonyl (C=O) groups excluding carboxylic acids is 1. The summed E-state index contributed by atoms with van der Waals surface area (Å²) in [4.78, 5) is 11.5. The second-order valence-corrected chi connectivity index (χ2v) is 5.24. The molecule has 0 atom stereocenters. The number of sulfonamides is 1. The first-order valence-corrected chi connectivity index (χ1v) is 6.68. The van der Waals surface area contributed by atoms with Crippen LogP contribution in [0.1, 0.15) is 29.8 Å². The third kappa shape index (κ3) is 3.34. The lowest BCUT2D eigenvalue weighted by Gasteiger charge is -2.02. The molecule has 0 saturated heterocycles. The average molecular weight is 240 g/mol. The Morgan fingerprint density at radius 1 is 1.19 bits per heavy atom. The van der Waals surface area contributed by atoms with Crippen molar-refractivity contribution in [3.05, 3.63) is 35.4 Å². The van der Waals surface area contributed by atoms with E-state index in [-0.39, 0.29) is 5.75 Å². The maximum atomic E-state index is 11.5. The van der Waals surface area contributed by atoms with Gasteiger partial charge in [0.2, 0.25) is 0 Å². The predicted molar refractivity (Wildman–Crippen MR) is 61.7 cm³/mol. The van der Waals surface area contributed by atoms with Gasteiger partial charge in [0.15, 0.2) is 0 Å². The number of rotatable bonds is 4. The fourth-order valence-electron chi connectivity index (χ4n) is 1.13. The summed E-state index contributed by atoms with van der Waals surface area (Å²) < 4.78 is 25.4. The summed E-state index contributed by atoms with van der Waals surface area (Å²) in [6.07, 6.45) is 0.874. The normalized spacial score (nSPS) is 11.1. The molecule has 0 spiro atoms. The minimum atomic E-state index is -3.61. The van der Waals surface area contributed by atoms with Gasteiger partial charge >= 0.3 is 0 Å². The molecule has 0 aliphatic rings. The van der Waals surface area contributed by atoms with E-state index in [1.165, 1.54) is 6.92 Å². The highest BCUT2D eigenvalue weighted by atomic mass is 32.2. The molecule has 0 aromatic heterocycles. The molecule has 16 heavy (non-hydrogen) atoms. The third-order valence-corrected chi connectivity index (χ3v) is 3.37. The highest BCUT2D eigenvalue weighted by Gasteiger charge is 2.16. The zero-order valence-electron chi connectivity index (χ0n) is 9.30. The molecule has 1 aromatic rings. The molecule has 0 bridgehead atoms. The van der Waals surface area contributed by atoms with Crippen molar-refractivity contribution in [1.29, 1.82) is 0 Å². The van der Waals surface area contributed by atoms with Gasteiger partial charge in [0, 0.05) is 5.56 Å². The lowest BCUT2D eigenvalue weighted by Crippen LogP contribution is -2.24. The van der Waals surface area contributed by atoms with Crippen LogP contribution in [0.3, 0.4) is 0 Å². The molecule has 0 aliphatic heterocycles. The largest absolute Gasteiger partial charge is 0.287 e. The van der Waals surface area contributed by atoms with Crippen LogP contribution in [0.25, 0.3) is 0 Å². The zero-order valence-corrected chi connectivity index (χ0v) is 10.1. The predicted octanol–water partition coefficient (Wildman–Crippen LogP) is 1.34.